The van der Waals surface area contributed by atoms with Crippen molar-refractivity contribution in [2.24, 2.45) is 13.0 Å². The quantitative estimate of drug-likeness (QED) is 0.409. The summed E-state index contributed by atoms with van der Waals surface area (Å²) in [4.78, 5) is 21.6. The molecule has 3 aliphatic rings. The molecule has 1 heterocycles. The number of carbonyl (C=O) groups is 2. The third-order valence-electron chi connectivity index (χ3n) is 9.04. The highest BCUT2D eigenvalue weighted by atomic mass is 16.3. The van der Waals surface area contributed by atoms with Crippen molar-refractivity contribution in [1.29, 1.82) is 0 Å². The molecule has 2 aromatic rings. The van der Waals surface area contributed by atoms with Crippen molar-refractivity contribution in [3.63, 3.8) is 0 Å². The minimum atomic E-state index is -0.250. The van der Waals surface area contributed by atoms with Crippen LogP contribution in [0.25, 0.3) is 11.1 Å². The standard InChI is InChI=1S/C31H44N2O.CH2O2/c1-30(2,3)23-17-22(18-24(19-23)31(4)14-15-31)26-20-28(29(34)32-25-12-9-13-25)33(5)27(26)16-21-10-7-6-8-11-21;2-1-3/h17-21,25H,6-16H2,1-5H3,(H,32,34);1H,(H,2,3). The zero-order valence-electron chi connectivity index (χ0n) is 23.5. The lowest BCUT2D eigenvalue weighted by Gasteiger charge is -2.26. The van der Waals surface area contributed by atoms with Crippen LogP contribution >= 0.6 is 0 Å². The van der Waals surface area contributed by atoms with Crippen molar-refractivity contribution < 1.29 is 14.7 Å². The van der Waals surface area contributed by atoms with Crippen LogP contribution < -0.4 is 5.32 Å². The molecule has 0 saturated heterocycles. The minimum Gasteiger partial charge on any atom is -0.483 e. The van der Waals surface area contributed by atoms with Crippen molar-refractivity contribution in [1.82, 2.24) is 9.88 Å². The molecule has 1 aromatic heterocycles. The van der Waals surface area contributed by atoms with E-state index in [0.717, 1.165) is 30.9 Å². The van der Waals surface area contributed by atoms with Gasteiger partial charge in [0.2, 0.25) is 0 Å². The van der Waals surface area contributed by atoms with Crippen LogP contribution in [0.1, 0.15) is 119 Å². The van der Waals surface area contributed by atoms with Crippen LogP contribution in [0.15, 0.2) is 24.3 Å². The van der Waals surface area contributed by atoms with Crippen molar-refractivity contribution in [3.05, 3.63) is 46.8 Å². The first-order valence-corrected chi connectivity index (χ1v) is 14.3. The van der Waals surface area contributed by atoms with Crippen molar-refractivity contribution >= 4 is 12.4 Å². The lowest BCUT2D eigenvalue weighted by Crippen LogP contribution is -2.40. The molecule has 2 N–H and O–H groups in total. The van der Waals surface area contributed by atoms with Gasteiger partial charge in [-0.3, -0.25) is 9.59 Å². The summed E-state index contributed by atoms with van der Waals surface area (Å²) in [6.45, 7) is 9.10. The molecule has 0 radical (unpaired) electrons. The molecule has 1 aromatic carbocycles. The van der Waals surface area contributed by atoms with Gasteiger partial charge in [-0.1, -0.05) is 78.0 Å². The maximum Gasteiger partial charge on any atom is 0.290 e. The molecule has 37 heavy (non-hydrogen) atoms. The molecule has 5 heteroatoms. The highest BCUT2D eigenvalue weighted by molar-refractivity contribution is 5.95. The summed E-state index contributed by atoms with van der Waals surface area (Å²) < 4.78 is 2.22. The van der Waals surface area contributed by atoms with Crippen molar-refractivity contribution in [3.8, 4) is 11.1 Å². The fourth-order valence-electron chi connectivity index (χ4n) is 5.87. The van der Waals surface area contributed by atoms with E-state index >= 15 is 0 Å². The number of nitrogens with one attached hydrogen (secondary N) is 1. The summed E-state index contributed by atoms with van der Waals surface area (Å²) in [5.74, 6) is 0.833. The predicted molar refractivity (Wildman–Crippen MR) is 150 cm³/mol. The van der Waals surface area contributed by atoms with E-state index in [1.807, 2.05) is 0 Å². The summed E-state index contributed by atoms with van der Waals surface area (Å²) in [7, 11) is 2.12. The van der Waals surface area contributed by atoms with Gasteiger partial charge in [0.1, 0.15) is 5.69 Å². The molecule has 0 unspecified atom stereocenters. The highest BCUT2D eigenvalue weighted by Gasteiger charge is 2.40. The van der Waals surface area contributed by atoms with Gasteiger partial charge in [0.05, 0.1) is 0 Å². The minimum absolute atomic E-state index is 0.0960. The van der Waals surface area contributed by atoms with E-state index in [2.05, 4.69) is 68.9 Å². The normalized spacial score (nSPS) is 19.4. The van der Waals surface area contributed by atoms with Gasteiger partial charge in [0, 0.05) is 24.3 Å². The van der Waals surface area contributed by atoms with E-state index < -0.39 is 0 Å². The van der Waals surface area contributed by atoms with Gasteiger partial charge in [-0.25, -0.2) is 0 Å². The Morgan fingerprint density at radius 3 is 2.24 bits per heavy atom. The van der Waals surface area contributed by atoms with Crippen molar-refractivity contribution in [2.45, 2.75) is 115 Å². The number of nitrogens with zero attached hydrogens (tertiary/aromatic N) is 1. The van der Waals surface area contributed by atoms with Gasteiger partial charge in [-0.05, 0) is 78.0 Å². The molecule has 3 aliphatic carbocycles. The van der Waals surface area contributed by atoms with E-state index in [1.54, 1.807) is 0 Å². The number of hydrogen-bond donors (Lipinski definition) is 2. The molecular weight excluding hydrogens is 460 g/mol. The van der Waals surface area contributed by atoms with E-state index in [1.165, 1.54) is 79.3 Å². The predicted octanol–water partition coefficient (Wildman–Crippen LogP) is 7.15. The summed E-state index contributed by atoms with van der Waals surface area (Å²) in [6.07, 6.45) is 13.8. The Hall–Kier alpha value is -2.56. The molecule has 202 valence electrons. The molecule has 0 atom stereocenters. The summed E-state index contributed by atoms with van der Waals surface area (Å²) in [6, 6.07) is 9.86. The zero-order chi connectivity index (χ0) is 26.8. The lowest BCUT2D eigenvalue weighted by atomic mass is 9.81. The second-order valence-electron chi connectivity index (χ2n) is 13.0. The van der Waals surface area contributed by atoms with E-state index in [4.69, 9.17) is 9.90 Å². The Morgan fingerprint density at radius 1 is 1.05 bits per heavy atom. The Bertz CT molecular complexity index is 1090. The van der Waals surface area contributed by atoms with Gasteiger partial charge >= 0.3 is 0 Å². The van der Waals surface area contributed by atoms with Crippen LogP contribution in [0.4, 0.5) is 0 Å². The monoisotopic (exact) mass is 506 g/mol. The second kappa shape index (κ2) is 11.0. The third-order valence-corrected chi connectivity index (χ3v) is 9.04. The number of rotatable bonds is 6. The fourth-order valence-corrected chi connectivity index (χ4v) is 5.87. The van der Waals surface area contributed by atoms with E-state index in [9.17, 15) is 4.79 Å². The lowest BCUT2D eigenvalue weighted by molar-refractivity contribution is -0.122. The maximum absolute atomic E-state index is 13.3. The highest BCUT2D eigenvalue weighted by Crippen LogP contribution is 2.49. The van der Waals surface area contributed by atoms with Crippen LogP contribution in [-0.2, 0) is 29.1 Å². The van der Waals surface area contributed by atoms with Gasteiger partial charge in [-0.2, -0.15) is 0 Å². The third kappa shape index (κ3) is 6.30. The first-order chi connectivity index (χ1) is 17.6. The Labute approximate surface area is 223 Å². The molecule has 0 spiro atoms. The van der Waals surface area contributed by atoms with Crippen molar-refractivity contribution in [2.75, 3.05) is 0 Å². The fraction of sp³-hybridized carbons (Fsp3) is 0.625. The van der Waals surface area contributed by atoms with Gasteiger partial charge in [0.25, 0.3) is 12.4 Å². The Kier molecular flexibility index (Phi) is 8.20. The zero-order valence-corrected chi connectivity index (χ0v) is 23.5. The summed E-state index contributed by atoms with van der Waals surface area (Å²) in [5.41, 5.74) is 8.06. The van der Waals surface area contributed by atoms with Crippen LogP contribution in [0.5, 0.6) is 0 Å². The molecule has 3 fully saturated rings. The topological polar surface area (TPSA) is 71.3 Å². The van der Waals surface area contributed by atoms with Gasteiger partial charge in [0.15, 0.2) is 0 Å². The van der Waals surface area contributed by atoms with Crippen LogP contribution in [0.2, 0.25) is 0 Å². The molecule has 1 amide bonds. The first kappa shape index (κ1) is 27.5. The van der Waals surface area contributed by atoms with Crippen LogP contribution in [0, 0.1) is 5.92 Å². The number of benzene rings is 1. The molecule has 5 rings (SSSR count). The van der Waals surface area contributed by atoms with Gasteiger partial charge in [-0.15, -0.1) is 0 Å². The molecule has 0 bridgehead atoms. The average molecular weight is 507 g/mol. The summed E-state index contributed by atoms with van der Waals surface area (Å²) >= 11 is 0. The number of carbonyl (C=O) groups excluding carboxylic acids is 1. The Balaban J connectivity index is 0.00000102. The number of hydrogen-bond acceptors (Lipinski definition) is 2. The van der Waals surface area contributed by atoms with Crippen LogP contribution in [-0.4, -0.2) is 28.1 Å². The van der Waals surface area contributed by atoms with E-state index in [-0.39, 0.29) is 17.8 Å². The number of amides is 1. The SMILES string of the molecule is Cn1c(C(=O)NC2CCC2)cc(-c2cc(C(C)(C)C)cc(C3(C)CC3)c2)c1CC1CCCCC1.O=CO. The second-order valence-corrected chi connectivity index (χ2v) is 13.0. The largest absolute Gasteiger partial charge is 0.483 e. The maximum atomic E-state index is 13.3. The number of aromatic nitrogens is 1. The van der Waals surface area contributed by atoms with Gasteiger partial charge < -0.3 is 15.0 Å². The number of carboxylic acid groups (broad SMARTS) is 1. The summed E-state index contributed by atoms with van der Waals surface area (Å²) in [5, 5.41) is 10.2. The molecular formula is C32H46N2O3. The molecule has 5 nitrogen and oxygen atoms in total. The average Bonchev–Trinajstić information content (AvgIpc) is 3.51. The van der Waals surface area contributed by atoms with Crippen LogP contribution in [0.3, 0.4) is 0 Å². The Morgan fingerprint density at radius 2 is 1.70 bits per heavy atom. The smallest absolute Gasteiger partial charge is 0.290 e. The molecule has 3 saturated carbocycles. The first-order valence-electron chi connectivity index (χ1n) is 14.3. The van der Waals surface area contributed by atoms with E-state index in [0.29, 0.717) is 11.5 Å². The molecule has 0 aliphatic heterocycles.